The van der Waals surface area contributed by atoms with E-state index in [4.69, 9.17) is 9.47 Å². The van der Waals surface area contributed by atoms with E-state index in [2.05, 4.69) is 24.3 Å². The fourth-order valence-corrected chi connectivity index (χ4v) is 6.04. The first kappa shape index (κ1) is 21.0. The van der Waals surface area contributed by atoms with Gasteiger partial charge >= 0.3 is 12.1 Å². The molecule has 2 atom stereocenters. The average Bonchev–Trinajstić information content (AvgIpc) is 3.05. The summed E-state index contributed by atoms with van der Waals surface area (Å²) in [5, 5.41) is 0. The second kappa shape index (κ2) is 7.36. The second-order valence-electron chi connectivity index (χ2n) is 11.0. The van der Waals surface area contributed by atoms with Gasteiger partial charge in [-0.15, -0.1) is 0 Å². The lowest BCUT2D eigenvalue weighted by molar-refractivity contribution is -0.161. The molecule has 1 aliphatic heterocycles. The lowest BCUT2D eigenvalue weighted by Gasteiger charge is -2.72. The molecule has 3 aliphatic carbocycles. The van der Waals surface area contributed by atoms with Gasteiger partial charge in [-0.2, -0.15) is 0 Å². The number of carbonyl (C=O) groups is 2. The highest BCUT2D eigenvalue weighted by atomic mass is 16.6. The zero-order valence-electron chi connectivity index (χ0n) is 19.0. The summed E-state index contributed by atoms with van der Waals surface area (Å²) in [6.07, 6.45) is 2.75. The van der Waals surface area contributed by atoms with E-state index in [1.54, 1.807) is 4.90 Å². The summed E-state index contributed by atoms with van der Waals surface area (Å²) in [7, 11) is 0. The number of hydrogen-bond donors (Lipinski definition) is 0. The van der Waals surface area contributed by atoms with Gasteiger partial charge in [-0.05, 0) is 47.6 Å². The number of nitrogens with zero attached hydrogens (tertiary/aromatic N) is 1. The van der Waals surface area contributed by atoms with E-state index in [0.717, 1.165) is 24.8 Å². The largest absolute Gasteiger partial charge is 0.444 e. The van der Waals surface area contributed by atoms with Crippen molar-refractivity contribution in [2.45, 2.75) is 70.7 Å². The van der Waals surface area contributed by atoms with Crippen LogP contribution in [0.3, 0.4) is 0 Å². The normalized spacial score (nSPS) is 30.8. The maximum atomic E-state index is 13.2. The fraction of sp³-hybridized carbons (Fsp3) is 0.481. The Bertz CT molecular complexity index is 991. The number of cyclic esters (lactones) is 1. The SMILES string of the molecule is CC(C)(C)[C@@H]1OC(=O)[C@H](CC23CC(c4ccccc4)(C2)C3)N1C(=O)OCc1ccccc1. The Balaban J connectivity index is 1.30. The number of rotatable bonds is 5. The molecule has 2 aromatic rings. The molecule has 0 spiro atoms. The highest BCUT2D eigenvalue weighted by Gasteiger charge is 2.69. The van der Waals surface area contributed by atoms with Crippen molar-refractivity contribution < 1.29 is 19.1 Å². The molecule has 4 aliphatic rings. The topological polar surface area (TPSA) is 55.8 Å². The summed E-state index contributed by atoms with van der Waals surface area (Å²) in [6.45, 7) is 6.12. The lowest BCUT2D eigenvalue weighted by Crippen LogP contribution is -2.66. The van der Waals surface area contributed by atoms with E-state index in [-0.39, 0.29) is 23.4 Å². The van der Waals surface area contributed by atoms with Gasteiger partial charge in [0.25, 0.3) is 0 Å². The molecule has 0 unspecified atom stereocenters. The zero-order chi connectivity index (χ0) is 22.6. The number of amides is 1. The van der Waals surface area contributed by atoms with E-state index < -0.39 is 23.8 Å². The Morgan fingerprint density at radius 1 is 1.03 bits per heavy atom. The van der Waals surface area contributed by atoms with Gasteiger partial charge in [0.1, 0.15) is 12.6 Å². The Kier molecular flexibility index (Phi) is 4.84. The van der Waals surface area contributed by atoms with Gasteiger partial charge in [0.15, 0.2) is 6.23 Å². The standard InChI is InChI=1S/C27H31NO4/c1-25(2,3)23-28(24(30)31-15-19-10-6-4-7-11-19)21(22(29)32-23)14-26-16-27(17-26,18-26)20-12-8-5-9-13-20/h4-13,21,23H,14-18H2,1-3H3/t21-,23-,26?,27?/m0/s1. The lowest BCUT2D eigenvalue weighted by atomic mass is 9.32. The van der Waals surface area contributed by atoms with Crippen LogP contribution in [0, 0.1) is 10.8 Å². The number of hydrogen-bond acceptors (Lipinski definition) is 4. The van der Waals surface area contributed by atoms with Gasteiger partial charge in [0.2, 0.25) is 0 Å². The molecule has 2 bridgehead atoms. The smallest absolute Gasteiger partial charge is 0.413 e. The molecule has 3 saturated carbocycles. The first-order chi connectivity index (χ1) is 15.2. The van der Waals surface area contributed by atoms with Crippen LogP contribution in [0.25, 0.3) is 0 Å². The maximum Gasteiger partial charge on any atom is 0.413 e. The predicted octanol–water partition coefficient (Wildman–Crippen LogP) is 5.43. The molecule has 168 valence electrons. The summed E-state index contributed by atoms with van der Waals surface area (Å²) in [5.41, 5.74) is 2.28. The summed E-state index contributed by atoms with van der Waals surface area (Å²) >= 11 is 0. The summed E-state index contributed by atoms with van der Waals surface area (Å²) in [6, 6.07) is 19.6. The molecular weight excluding hydrogens is 402 g/mol. The van der Waals surface area contributed by atoms with E-state index >= 15 is 0 Å². The Labute approximate surface area is 189 Å². The predicted molar refractivity (Wildman–Crippen MR) is 121 cm³/mol. The summed E-state index contributed by atoms with van der Waals surface area (Å²) in [4.78, 5) is 27.7. The van der Waals surface area contributed by atoms with E-state index in [0.29, 0.717) is 6.42 Å². The number of esters is 1. The van der Waals surface area contributed by atoms with Crippen LogP contribution in [0.1, 0.15) is 57.6 Å². The van der Waals surface area contributed by atoms with Crippen molar-refractivity contribution in [2.75, 3.05) is 0 Å². The van der Waals surface area contributed by atoms with Crippen molar-refractivity contribution in [1.82, 2.24) is 4.90 Å². The van der Waals surface area contributed by atoms with Crippen LogP contribution in [0.5, 0.6) is 0 Å². The van der Waals surface area contributed by atoms with Gasteiger partial charge in [-0.25, -0.2) is 9.59 Å². The van der Waals surface area contributed by atoms with Crippen molar-refractivity contribution in [1.29, 1.82) is 0 Å². The molecule has 1 amide bonds. The van der Waals surface area contributed by atoms with Crippen LogP contribution in [-0.4, -0.2) is 29.2 Å². The van der Waals surface area contributed by atoms with Crippen LogP contribution in [0.15, 0.2) is 60.7 Å². The van der Waals surface area contributed by atoms with Crippen LogP contribution < -0.4 is 0 Å². The second-order valence-corrected chi connectivity index (χ2v) is 11.0. The third-order valence-electron chi connectivity index (χ3n) is 7.40. The number of carbonyl (C=O) groups excluding carboxylic acids is 2. The highest BCUT2D eigenvalue weighted by molar-refractivity contribution is 5.84. The third-order valence-corrected chi connectivity index (χ3v) is 7.40. The first-order valence-electron chi connectivity index (χ1n) is 11.5. The Hall–Kier alpha value is -2.82. The number of benzene rings is 2. The minimum atomic E-state index is -0.626. The Morgan fingerprint density at radius 3 is 2.22 bits per heavy atom. The molecule has 5 nitrogen and oxygen atoms in total. The molecule has 2 aromatic carbocycles. The van der Waals surface area contributed by atoms with E-state index in [1.165, 1.54) is 5.56 Å². The van der Waals surface area contributed by atoms with E-state index in [9.17, 15) is 9.59 Å². The summed E-state index contributed by atoms with van der Waals surface area (Å²) in [5.74, 6) is -0.305. The van der Waals surface area contributed by atoms with Crippen molar-refractivity contribution in [3.8, 4) is 0 Å². The van der Waals surface area contributed by atoms with Crippen LogP contribution in [-0.2, 0) is 26.3 Å². The highest BCUT2D eigenvalue weighted by Crippen LogP contribution is 2.75. The van der Waals surface area contributed by atoms with Gasteiger partial charge in [0, 0.05) is 5.41 Å². The molecule has 0 N–H and O–H groups in total. The molecule has 4 fully saturated rings. The van der Waals surface area contributed by atoms with Gasteiger partial charge in [-0.1, -0.05) is 81.4 Å². The molecule has 5 heteroatoms. The molecule has 6 rings (SSSR count). The monoisotopic (exact) mass is 433 g/mol. The minimum Gasteiger partial charge on any atom is -0.444 e. The van der Waals surface area contributed by atoms with E-state index in [1.807, 2.05) is 57.2 Å². The molecule has 1 heterocycles. The van der Waals surface area contributed by atoms with Gasteiger partial charge in [0.05, 0.1) is 0 Å². The molecular formula is C27H31NO4. The summed E-state index contributed by atoms with van der Waals surface area (Å²) < 4.78 is 11.4. The van der Waals surface area contributed by atoms with Gasteiger partial charge in [-0.3, -0.25) is 4.90 Å². The van der Waals surface area contributed by atoms with Crippen molar-refractivity contribution in [3.63, 3.8) is 0 Å². The van der Waals surface area contributed by atoms with Crippen LogP contribution in [0.4, 0.5) is 4.79 Å². The molecule has 1 saturated heterocycles. The van der Waals surface area contributed by atoms with Crippen LogP contribution >= 0.6 is 0 Å². The van der Waals surface area contributed by atoms with Crippen molar-refractivity contribution in [3.05, 3.63) is 71.8 Å². The molecule has 0 radical (unpaired) electrons. The quantitative estimate of drug-likeness (QED) is 0.590. The first-order valence-corrected chi connectivity index (χ1v) is 11.5. The number of ether oxygens (including phenoxy) is 2. The molecule has 32 heavy (non-hydrogen) atoms. The zero-order valence-corrected chi connectivity index (χ0v) is 19.0. The maximum absolute atomic E-state index is 13.2. The third kappa shape index (κ3) is 3.48. The van der Waals surface area contributed by atoms with Gasteiger partial charge < -0.3 is 9.47 Å². The minimum absolute atomic E-state index is 0.115. The fourth-order valence-electron chi connectivity index (χ4n) is 6.04. The van der Waals surface area contributed by atoms with Crippen molar-refractivity contribution >= 4 is 12.1 Å². The average molecular weight is 434 g/mol. The van der Waals surface area contributed by atoms with Crippen LogP contribution in [0.2, 0.25) is 0 Å². The van der Waals surface area contributed by atoms with Crippen molar-refractivity contribution in [2.24, 2.45) is 10.8 Å². The molecule has 0 aromatic heterocycles. The Morgan fingerprint density at radius 2 is 1.62 bits per heavy atom.